The number of hydrogen-bond acceptors (Lipinski definition) is 5. The average molecular weight is 416 g/mol. The second-order valence-electron chi connectivity index (χ2n) is 6.51. The SMILES string of the molecule is CCOc1ccccc1/C=C/C(=O)N1CCN(c2ccc(Cl)cc2[N+](=O)[O-])CC1. The molecule has 7 nitrogen and oxygen atoms in total. The van der Waals surface area contributed by atoms with E-state index in [9.17, 15) is 14.9 Å². The largest absolute Gasteiger partial charge is 0.493 e. The Morgan fingerprint density at radius 2 is 1.93 bits per heavy atom. The normalized spacial score (nSPS) is 14.3. The van der Waals surface area contributed by atoms with Crippen LogP contribution in [0.1, 0.15) is 12.5 Å². The highest BCUT2D eigenvalue weighted by molar-refractivity contribution is 6.30. The molecular formula is C21H22ClN3O4. The zero-order chi connectivity index (χ0) is 20.8. The van der Waals surface area contributed by atoms with Crippen LogP contribution in [0.2, 0.25) is 5.02 Å². The minimum absolute atomic E-state index is 0.0234. The number of carbonyl (C=O) groups is 1. The Balaban J connectivity index is 1.64. The first kappa shape index (κ1) is 20.7. The Labute approximate surface area is 174 Å². The smallest absolute Gasteiger partial charge is 0.294 e. The molecule has 0 unspecified atom stereocenters. The summed E-state index contributed by atoms with van der Waals surface area (Å²) in [6.07, 6.45) is 3.29. The lowest BCUT2D eigenvalue weighted by atomic mass is 10.1. The monoisotopic (exact) mass is 415 g/mol. The molecule has 1 aliphatic rings. The maximum Gasteiger partial charge on any atom is 0.294 e. The van der Waals surface area contributed by atoms with Gasteiger partial charge in [0.1, 0.15) is 11.4 Å². The lowest BCUT2D eigenvalue weighted by molar-refractivity contribution is -0.384. The number of ether oxygens (including phenoxy) is 1. The molecule has 0 saturated carbocycles. The molecule has 1 amide bonds. The van der Waals surface area contributed by atoms with Crippen molar-refractivity contribution < 1.29 is 14.5 Å². The molecule has 0 aliphatic carbocycles. The number of para-hydroxylation sites is 1. The number of nitrogens with zero attached hydrogens (tertiary/aromatic N) is 3. The summed E-state index contributed by atoms with van der Waals surface area (Å²) in [7, 11) is 0. The van der Waals surface area contributed by atoms with Gasteiger partial charge in [-0.2, -0.15) is 0 Å². The molecule has 0 bridgehead atoms. The number of halogens is 1. The molecule has 1 saturated heterocycles. The number of amides is 1. The van der Waals surface area contributed by atoms with Gasteiger partial charge in [-0.05, 0) is 31.2 Å². The molecule has 3 rings (SSSR count). The summed E-state index contributed by atoms with van der Waals surface area (Å²) in [6, 6.07) is 12.2. The van der Waals surface area contributed by atoms with Crippen LogP contribution in [0, 0.1) is 10.1 Å². The van der Waals surface area contributed by atoms with Gasteiger partial charge in [0.15, 0.2) is 0 Å². The Morgan fingerprint density at radius 1 is 1.21 bits per heavy atom. The van der Waals surface area contributed by atoms with Gasteiger partial charge in [-0.15, -0.1) is 0 Å². The van der Waals surface area contributed by atoms with Crippen LogP contribution in [-0.2, 0) is 4.79 Å². The number of nitro benzene ring substituents is 1. The van der Waals surface area contributed by atoms with Crippen molar-refractivity contribution in [3.63, 3.8) is 0 Å². The van der Waals surface area contributed by atoms with E-state index >= 15 is 0 Å². The molecule has 0 radical (unpaired) electrons. The summed E-state index contributed by atoms with van der Waals surface area (Å²) in [4.78, 5) is 27.1. The summed E-state index contributed by atoms with van der Waals surface area (Å²) in [5, 5.41) is 11.6. The molecule has 1 fully saturated rings. The Bertz CT molecular complexity index is 924. The molecule has 0 aromatic heterocycles. The molecule has 1 heterocycles. The van der Waals surface area contributed by atoms with Crippen molar-refractivity contribution >= 4 is 35.0 Å². The highest BCUT2D eigenvalue weighted by atomic mass is 35.5. The molecule has 0 spiro atoms. The van der Waals surface area contributed by atoms with Gasteiger partial charge in [-0.1, -0.05) is 29.8 Å². The molecule has 2 aromatic rings. The minimum atomic E-state index is -0.433. The van der Waals surface area contributed by atoms with Crippen molar-refractivity contribution in [1.82, 2.24) is 4.90 Å². The lowest BCUT2D eigenvalue weighted by Crippen LogP contribution is -2.48. The first-order chi connectivity index (χ1) is 14.0. The third-order valence-corrected chi connectivity index (χ3v) is 4.93. The van der Waals surface area contributed by atoms with E-state index in [1.807, 2.05) is 36.1 Å². The van der Waals surface area contributed by atoms with E-state index in [1.54, 1.807) is 23.1 Å². The lowest BCUT2D eigenvalue weighted by Gasteiger charge is -2.35. The fourth-order valence-corrected chi connectivity index (χ4v) is 3.42. The van der Waals surface area contributed by atoms with Crippen LogP contribution < -0.4 is 9.64 Å². The fourth-order valence-electron chi connectivity index (χ4n) is 3.25. The van der Waals surface area contributed by atoms with Crippen molar-refractivity contribution in [2.45, 2.75) is 6.92 Å². The van der Waals surface area contributed by atoms with Gasteiger partial charge < -0.3 is 14.5 Å². The third-order valence-electron chi connectivity index (χ3n) is 4.69. The Hall–Kier alpha value is -3.06. The van der Waals surface area contributed by atoms with Crippen molar-refractivity contribution in [1.29, 1.82) is 0 Å². The number of nitro groups is 1. The summed E-state index contributed by atoms with van der Waals surface area (Å²) in [5.74, 6) is 0.639. The van der Waals surface area contributed by atoms with Gasteiger partial charge in [0.25, 0.3) is 5.69 Å². The summed E-state index contributed by atoms with van der Waals surface area (Å²) in [5.41, 5.74) is 1.34. The third kappa shape index (κ3) is 5.06. The Morgan fingerprint density at radius 3 is 2.62 bits per heavy atom. The van der Waals surface area contributed by atoms with Crippen LogP contribution in [0.15, 0.2) is 48.5 Å². The summed E-state index contributed by atoms with van der Waals surface area (Å²) in [6.45, 7) is 4.45. The van der Waals surface area contributed by atoms with Crippen molar-refractivity contribution in [3.05, 3.63) is 69.2 Å². The first-order valence-corrected chi connectivity index (χ1v) is 9.75. The molecule has 29 heavy (non-hydrogen) atoms. The molecule has 0 N–H and O–H groups in total. The van der Waals surface area contributed by atoms with Gasteiger partial charge >= 0.3 is 0 Å². The fraction of sp³-hybridized carbons (Fsp3) is 0.286. The van der Waals surface area contributed by atoms with Crippen LogP contribution in [-0.4, -0.2) is 48.5 Å². The quantitative estimate of drug-likeness (QED) is 0.405. The second kappa shape index (κ2) is 9.43. The zero-order valence-corrected chi connectivity index (χ0v) is 16.8. The van der Waals surface area contributed by atoms with Crippen LogP contribution in [0.5, 0.6) is 5.75 Å². The van der Waals surface area contributed by atoms with E-state index in [1.165, 1.54) is 12.1 Å². The Kier molecular flexibility index (Phi) is 6.72. The first-order valence-electron chi connectivity index (χ1n) is 9.37. The number of carbonyl (C=O) groups excluding carboxylic acids is 1. The van der Waals surface area contributed by atoms with Gasteiger partial charge in [0.05, 0.1) is 11.5 Å². The minimum Gasteiger partial charge on any atom is -0.493 e. The van der Waals surface area contributed by atoms with Gasteiger partial charge in [0.2, 0.25) is 5.91 Å². The summed E-state index contributed by atoms with van der Waals surface area (Å²) >= 11 is 5.89. The number of anilines is 1. The second-order valence-corrected chi connectivity index (χ2v) is 6.94. The van der Waals surface area contributed by atoms with E-state index in [2.05, 4.69) is 0 Å². The number of rotatable bonds is 6. The maximum atomic E-state index is 12.6. The standard InChI is InChI=1S/C21H22ClN3O4/c1-2-29-20-6-4-3-5-16(20)7-10-21(26)24-13-11-23(12-14-24)18-9-8-17(22)15-19(18)25(27)28/h3-10,15H,2,11-14H2,1H3/b10-7+. The predicted molar refractivity (Wildman–Crippen MR) is 114 cm³/mol. The van der Waals surface area contributed by atoms with Crippen molar-refractivity contribution in [2.75, 3.05) is 37.7 Å². The molecular weight excluding hydrogens is 394 g/mol. The van der Waals surface area contributed by atoms with Crippen LogP contribution in [0.25, 0.3) is 6.08 Å². The summed E-state index contributed by atoms with van der Waals surface area (Å²) < 4.78 is 5.57. The van der Waals surface area contributed by atoms with Gasteiger partial charge in [-0.25, -0.2) is 0 Å². The van der Waals surface area contributed by atoms with Crippen LogP contribution >= 0.6 is 11.6 Å². The number of benzene rings is 2. The maximum absolute atomic E-state index is 12.6. The van der Waals surface area contributed by atoms with Crippen LogP contribution in [0.4, 0.5) is 11.4 Å². The zero-order valence-electron chi connectivity index (χ0n) is 16.1. The van der Waals surface area contributed by atoms with Crippen molar-refractivity contribution in [2.24, 2.45) is 0 Å². The van der Waals surface area contributed by atoms with Crippen molar-refractivity contribution in [3.8, 4) is 5.75 Å². The van der Waals surface area contributed by atoms with E-state index in [4.69, 9.17) is 16.3 Å². The average Bonchev–Trinajstić information content (AvgIpc) is 2.73. The van der Waals surface area contributed by atoms with Gasteiger partial charge in [0, 0.05) is 48.9 Å². The molecule has 152 valence electrons. The van der Waals surface area contributed by atoms with Crippen LogP contribution in [0.3, 0.4) is 0 Å². The van der Waals surface area contributed by atoms with E-state index in [0.29, 0.717) is 43.5 Å². The van der Waals surface area contributed by atoms with E-state index < -0.39 is 4.92 Å². The predicted octanol–water partition coefficient (Wildman–Crippen LogP) is 4.01. The molecule has 1 aliphatic heterocycles. The van der Waals surface area contributed by atoms with Gasteiger partial charge in [-0.3, -0.25) is 14.9 Å². The highest BCUT2D eigenvalue weighted by Gasteiger charge is 2.25. The molecule has 2 aromatic carbocycles. The van der Waals surface area contributed by atoms with E-state index in [-0.39, 0.29) is 11.6 Å². The topological polar surface area (TPSA) is 75.9 Å². The number of piperazine rings is 1. The highest BCUT2D eigenvalue weighted by Crippen LogP contribution is 2.31. The molecule has 8 heteroatoms. The van der Waals surface area contributed by atoms with E-state index in [0.717, 1.165) is 11.3 Å². The number of hydrogen-bond donors (Lipinski definition) is 0. The molecule has 0 atom stereocenters.